The lowest BCUT2D eigenvalue weighted by atomic mass is 9.62. The van der Waals surface area contributed by atoms with Gasteiger partial charge in [-0.1, -0.05) is 50.3 Å². The van der Waals surface area contributed by atoms with Crippen molar-refractivity contribution >= 4 is 16.6 Å². The van der Waals surface area contributed by atoms with Crippen molar-refractivity contribution < 1.29 is 4.79 Å². The van der Waals surface area contributed by atoms with Crippen molar-refractivity contribution in [2.24, 2.45) is 11.8 Å². The third-order valence-electron chi connectivity index (χ3n) is 6.71. The lowest BCUT2D eigenvalue weighted by molar-refractivity contribution is -0.120. The summed E-state index contributed by atoms with van der Waals surface area (Å²) >= 11 is 0. The van der Waals surface area contributed by atoms with E-state index in [1.165, 1.54) is 40.3 Å². The first-order valence-electron chi connectivity index (χ1n) is 9.33. The molecule has 5 rings (SSSR count). The molecule has 0 aliphatic heterocycles. The zero-order chi connectivity index (χ0) is 16.5. The molecule has 0 saturated heterocycles. The van der Waals surface area contributed by atoms with Crippen molar-refractivity contribution in [2.45, 2.75) is 50.9 Å². The fraction of sp³-hybridized carbons (Fsp3) is 0.435. The zero-order valence-electron chi connectivity index (χ0n) is 14.5. The fourth-order valence-corrected chi connectivity index (χ4v) is 5.70. The van der Waals surface area contributed by atoms with Crippen LogP contribution in [0.3, 0.4) is 0 Å². The summed E-state index contributed by atoms with van der Waals surface area (Å²) in [6.45, 7) is 4.54. The van der Waals surface area contributed by atoms with E-state index in [1.807, 2.05) is 0 Å². The Hall–Kier alpha value is -1.89. The lowest BCUT2D eigenvalue weighted by Crippen LogP contribution is -2.38. The van der Waals surface area contributed by atoms with Crippen LogP contribution < -0.4 is 0 Å². The molecule has 0 amide bonds. The average Bonchev–Trinajstić information content (AvgIpc) is 3.13. The number of fused-ring (bicyclic) bond motifs is 6. The molecule has 1 saturated carbocycles. The molecule has 1 fully saturated rings. The van der Waals surface area contributed by atoms with Gasteiger partial charge in [0.25, 0.3) is 0 Å². The molecule has 3 aliphatic rings. The van der Waals surface area contributed by atoms with Crippen molar-refractivity contribution in [3.05, 3.63) is 59.2 Å². The van der Waals surface area contributed by atoms with E-state index in [1.54, 1.807) is 0 Å². The minimum absolute atomic E-state index is 0.0857. The van der Waals surface area contributed by atoms with Gasteiger partial charge in [-0.05, 0) is 64.1 Å². The fourth-order valence-electron chi connectivity index (χ4n) is 5.70. The molecule has 24 heavy (non-hydrogen) atoms. The third kappa shape index (κ3) is 1.84. The van der Waals surface area contributed by atoms with Gasteiger partial charge in [0.1, 0.15) is 5.78 Å². The van der Waals surface area contributed by atoms with Gasteiger partial charge in [0.05, 0.1) is 0 Å². The maximum Gasteiger partial charge on any atom is 0.138 e. The number of carbonyl (C=O) groups is 1. The largest absolute Gasteiger partial charge is 0.299 e. The Morgan fingerprint density at radius 1 is 1.17 bits per heavy atom. The van der Waals surface area contributed by atoms with Crippen LogP contribution in [0.2, 0.25) is 0 Å². The Labute approximate surface area is 143 Å². The Kier molecular flexibility index (Phi) is 2.90. The van der Waals surface area contributed by atoms with Crippen molar-refractivity contribution in [1.29, 1.82) is 0 Å². The SMILES string of the molecule is CC(C)c1cccc2cc3c(cc12)C1(CC(=O)C3)CC2C=CC1C2. The van der Waals surface area contributed by atoms with Crippen LogP contribution in [0, 0.1) is 11.8 Å². The average molecular weight is 316 g/mol. The standard InChI is InChI=1S/C23H24O/c1-14(2)20-5-3-4-16-9-17-10-19(24)13-23(22(17)11-21(16)20)12-15-6-7-18(23)8-15/h3-7,9,11,14-15,18H,8,10,12-13H2,1-2H3. The van der Waals surface area contributed by atoms with Crippen LogP contribution in [0.15, 0.2) is 42.5 Å². The molecule has 0 aromatic heterocycles. The van der Waals surface area contributed by atoms with Crippen LogP contribution in [0.25, 0.3) is 10.8 Å². The summed E-state index contributed by atoms with van der Waals surface area (Å²) in [6, 6.07) is 11.4. The number of Topliss-reactive ketones (excluding diaryl/α,β-unsaturated/α-hetero) is 1. The molecule has 3 atom stereocenters. The van der Waals surface area contributed by atoms with Crippen LogP contribution in [0.1, 0.15) is 55.7 Å². The van der Waals surface area contributed by atoms with Gasteiger partial charge in [0.2, 0.25) is 0 Å². The lowest BCUT2D eigenvalue weighted by Gasteiger charge is -2.40. The third-order valence-corrected chi connectivity index (χ3v) is 6.71. The molecule has 0 heterocycles. The molecule has 2 bridgehead atoms. The van der Waals surface area contributed by atoms with Gasteiger partial charge >= 0.3 is 0 Å². The Morgan fingerprint density at radius 3 is 2.75 bits per heavy atom. The molecule has 0 N–H and O–H groups in total. The van der Waals surface area contributed by atoms with Crippen LogP contribution in [0.5, 0.6) is 0 Å². The zero-order valence-corrected chi connectivity index (χ0v) is 14.5. The van der Waals surface area contributed by atoms with Gasteiger partial charge < -0.3 is 0 Å². The first-order valence-corrected chi connectivity index (χ1v) is 9.33. The van der Waals surface area contributed by atoms with E-state index >= 15 is 0 Å². The molecule has 3 unspecified atom stereocenters. The van der Waals surface area contributed by atoms with Gasteiger partial charge in [0.15, 0.2) is 0 Å². The molecular weight excluding hydrogens is 292 g/mol. The molecule has 3 aliphatic carbocycles. The summed E-state index contributed by atoms with van der Waals surface area (Å²) < 4.78 is 0. The molecule has 2 aromatic rings. The van der Waals surface area contributed by atoms with Crippen molar-refractivity contribution in [3.63, 3.8) is 0 Å². The van der Waals surface area contributed by atoms with Crippen LogP contribution in [0.4, 0.5) is 0 Å². The van der Waals surface area contributed by atoms with Gasteiger partial charge in [-0.15, -0.1) is 0 Å². The molecule has 1 heteroatoms. The highest BCUT2D eigenvalue weighted by Crippen LogP contribution is 2.58. The number of ketones is 1. The number of allylic oxidation sites excluding steroid dienone is 2. The molecule has 122 valence electrons. The normalized spacial score (nSPS) is 30.7. The highest BCUT2D eigenvalue weighted by Gasteiger charge is 2.52. The van der Waals surface area contributed by atoms with E-state index in [-0.39, 0.29) is 5.41 Å². The van der Waals surface area contributed by atoms with E-state index in [2.05, 4.69) is 56.3 Å². The molecule has 1 spiro atoms. The predicted octanol–water partition coefficient (Wildman–Crippen LogP) is 5.31. The van der Waals surface area contributed by atoms with Crippen molar-refractivity contribution in [1.82, 2.24) is 0 Å². The maximum absolute atomic E-state index is 12.6. The van der Waals surface area contributed by atoms with E-state index < -0.39 is 0 Å². The van der Waals surface area contributed by atoms with E-state index in [0.29, 0.717) is 30.0 Å². The Bertz CT molecular complexity index is 888. The number of hydrogen-bond acceptors (Lipinski definition) is 1. The first-order chi connectivity index (χ1) is 11.6. The second kappa shape index (κ2) is 4.81. The molecular formula is C23H24O. The number of hydrogen-bond donors (Lipinski definition) is 0. The van der Waals surface area contributed by atoms with E-state index in [4.69, 9.17) is 0 Å². The summed E-state index contributed by atoms with van der Waals surface area (Å²) in [5, 5.41) is 2.69. The highest BCUT2D eigenvalue weighted by atomic mass is 16.1. The Morgan fingerprint density at radius 2 is 2.04 bits per heavy atom. The van der Waals surface area contributed by atoms with E-state index in [9.17, 15) is 4.79 Å². The monoisotopic (exact) mass is 316 g/mol. The quantitative estimate of drug-likeness (QED) is 0.651. The smallest absolute Gasteiger partial charge is 0.138 e. The minimum atomic E-state index is 0.0857. The van der Waals surface area contributed by atoms with E-state index in [0.717, 1.165) is 6.42 Å². The predicted molar refractivity (Wildman–Crippen MR) is 98.4 cm³/mol. The topological polar surface area (TPSA) is 17.1 Å². The summed E-state index contributed by atoms with van der Waals surface area (Å²) in [5.41, 5.74) is 4.30. The summed E-state index contributed by atoms with van der Waals surface area (Å²) in [6.07, 6.45) is 8.57. The maximum atomic E-state index is 12.6. The number of benzene rings is 2. The van der Waals surface area contributed by atoms with Crippen LogP contribution >= 0.6 is 0 Å². The van der Waals surface area contributed by atoms with Crippen LogP contribution in [-0.2, 0) is 16.6 Å². The molecule has 0 radical (unpaired) electrons. The van der Waals surface area contributed by atoms with Gasteiger partial charge in [0, 0.05) is 18.3 Å². The molecule has 1 nitrogen and oxygen atoms in total. The first kappa shape index (κ1) is 14.5. The van der Waals surface area contributed by atoms with Crippen LogP contribution in [-0.4, -0.2) is 5.78 Å². The van der Waals surface area contributed by atoms with Crippen molar-refractivity contribution in [2.75, 3.05) is 0 Å². The van der Waals surface area contributed by atoms with Gasteiger partial charge in [-0.2, -0.15) is 0 Å². The van der Waals surface area contributed by atoms with Gasteiger partial charge in [-0.25, -0.2) is 0 Å². The summed E-state index contributed by atoms with van der Waals surface area (Å²) in [4.78, 5) is 12.6. The summed E-state index contributed by atoms with van der Waals surface area (Å²) in [5.74, 6) is 2.20. The summed E-state index contributed by atoms with van der Waals surface area (Å²) in [7, 11) is 0. The van der Waals surface area contributed by atoms with Crippen molar-refractivity contribution in [3.8, 4) is 0 Å². The van der Waals surface area contributed by atoms with Gasteiger partial charge in [-0.3, -0.25) is 4.79 Å². The second-order valence-electron chi connectivity index (χ2n) is 8.47. The number of carbonyl (C=O) groups excluding carboxylic acids is 1. The number of rotatable bonds is 1. The highest BCUT2D eigenvalue weighted by molar-refractivity contribution is 5.92. The molecule has 2 aromatic carbocycles. The minimum Gasteiger partial charge on any atom is -0.299 e. The second-order valence-corrected chi connectivity index (χ2v) is 8.47. The Balaban J connectivity index is 1.79.